The van der Waals surface area contributed by atoms with E-state index in [2.05, 4.69) is 11.1 Å². The van der Waals surface area contributed by atoms with Gasteiger partial charge < -0.3 is 16.9 Å². The van der Waals surface area contributed by atoms with Crippen LogP contribution in [-0.2, 0) is 12.8 Å². The number of fused-ring (bicyclic) bond motifs is 4. The molecular weight excluding hydrogens is 336 g/mol. The number of nitrogen functional groups attached to an aromatic ring is 2. The third-order valence-electron chi connectivity index (χ3n) is 5.50. The van der Waals surface area contributed by atoms with Crippen molar-refractivity contribution in [1.29, 1.82) is 5.41 Å². The van der Waals surface area contributed by atoms with Crippen LogP contribution in [0.1, 0.15) is 29.5 Å². The number of nitrogens with zero attached hydrogens (tertiary/aromatic N) is 3. The summed E-state index contributed by atoms with van der Waals surface area (Å²) in [6.07, 6.45) is 9.29. The molecule has 3 heterocycles. The Bertz CT molecular complexity index is 1220. The molecule has 6 heteroatoms. The fourth-order valence-corrected chi connectivity index (χ4v) is 4.20. The summed E-state index contributed by atoms with van der Waals surface area (Å²) in [6, 6.07) is 7.82. The fraction of sp³-hybridized carbons (Fsp3) is 0.190. The molecule has 5 rings (SSSR count). The maximum Gasteiger partial charge on any atom is 0.138 e. The molecule has 0 fully saturated rings. The Kier molecular flexibility index (Phi) is 3.40. The van der Waals surface area contributed by atoms with Crippen LogP contribution in [0.4, 0.5) is 11.5 Å². The van der Waals surface area contributed by atoms with Gasteiger partial charge in [-0.15, -0.1) is 0 Å². The smallest absolute Gasteiger partial charge is 0.138 e. The van der Waals surface area contributed by atoms with Crippen molar-refractivity contribution in [3.05, 3.63) is 53.3 Å². The van der Waals surface area contributed by atoms with E-state index in [-0.39, 0.29) is 0 Å². The lowest BCUT2D eigenvalue weighted by molar-refractivity contribution is 0.689. The second-order valence-electron chi connectivity index (χ2n) is 7.06. The molecule has 0 saturated heterocycles. The molecule has 0 radical (unpaired) electrons. The predicted octanol–water partition coefficient (Wildman–Crippen LogP) is 3.59. The first-order chi connectivity index (χ1) is 13.2. The Balaban J connectivity index is 1.85. The zero-order valence-corrected chi connectivity index (χ0v) is 14.9. The summed E-state index contributed by atoms with van der Waals surface area (Å²) in [6.45, 7) is 0. The minimum absolute atomic E-state index is 0.611. The number of aryl methyl sites for hydroxylation is 1. The van der Waals surface area contributed by atoms with Gasteiger partial charge in [-0.3, -0.25) is 4.40 Å². The van der Waals surface area contributed by atoms with Crippen LogP contribution in [0.5, 0.6) is 0 Å². The minimum Gasteiger partial charge on any atom is -0.398 e. The van der Waals surface area contributed by atoms with Crippen molar-refractivity contribution in [3.8, 4) is 11.3 Å². The van der Waals surface area contributed by atoms with Crippen LogP contribution in [0.3, 0.4) is 0 Å². The molecule has 134 valence electrons. The third kappa shape index (κ3) is 2.30. The van der Waals surface area contributed by atoms with Crippen LogP contribution in [0.25, 0.3) is 27.8 Å². The third-order valence-corrected chi connectivity index (χ3v) is 5.50. The van der Waals surface area contributed by atoms with Crippen LogP contribution in [-0.4, -0.2) is 20.6 Å². The number of anilines is 2. The number of pyridine rings is 2. The van der Waals surface area contributed by atoms with Crippen molar-refractivity contribution < 1.29 is 0 Å². The normalized spacial score (nSPS) is 13.8. The van der Waals surface area contributed by atoms with Gasteiger partial charge in [0.1, 0.15) is 11.5 Å². The number of hydrogen-bond donors (Lipinski definition) is 3. The van der Waals surface area contributed by atoms with Gasteiger partial charge in [0.2, 0.25) is 0 Å². The highest BCUT2D eigenvalue weighted by Crippen LogP contribution is 2.37. The predicted molar refractivity (Wildman–Crippen MR) is 109 cm³/mol. The SMILES string of the molecule is N=Cc1c(N)ccc2nc(-c3ccc4ncc(N)n4c3)c3c(c12)CCCC3. The maximum absolute atomic E-state index is 7.84. The second kappa shape index (κ2) is 5.81. The highest BCUT2D eigenvalue weighted by Gasteiger charge is 2.21. The van der Waals surface area contributed by atoms with Crippen LogP contribution in [0, 0.1) is 5.41 Å². The van der Waals surface area contributed by atoms with Crippen LogP contribution in [0.15, 0.2) is 36.7 Å². The standard InChI is InChI=1S/C21H20N6/c22-9-15-16(23)6-7-17-20(15)13-3-1-2-4-14(13)21(26-17)12-5-8-19-25-10-18(24)27(19)11-12/h5-11,22H,1-4,23-24H2. The highest BCUT2D eigenvalue weighted by molar-refractivity contribution is 6.05. The summed E-state index contributed by atoms with van der Waals surface area (Å²) in [4.78, 5) is 9.30. The lowest BCUT2D eigenvalue weighted by Crippen LogP contribution is -2.10. The first-order valence-electron chi connectivity index (χ1n) is 9.14. The number of hydrogen-bond acceptors (Lipinski definition) is 5. The summed E-state index contributed by atoms with van der Waals surface area (Å²) in [5.41, 5.74) is 19.9. The molecule has 5 N–H and O–H groups in total. The van der Waals surface area contributed by atoms with E-state index in [9.17, 15) is 0 Å². The molecule has 0 aliphatic heterocycles. The van der Waals surface area contributed by atoms with E-state index in [0.29, 0.717) is 11.5 Å². The Morgan fingerprint density at radius 3 is 2.67 bits per heavy atom. The van der Waals surface area contributed by atoms with Crippen molar-refractivity contribution in [2.75, 3.05) is 11.5 Å². The largest absolute Gasteiger partial charge is 0.398 e. The Hall–Kier alpha value is -3.41. The highest BCUT2D eigenvalue weighted by atomic mass is 15.1. The van der Waals surface area contributed by atoms with Gasteiger partial charge in [0, 0.05) is 34.6 Å². The van der Waals surface area contributed by atoms with Gasteiger partial charge in [-0.2, -0.15) is 0 Å². The zero-order chi connectivity index (χ0) is 18.5. The summed E-state index contributed by atoms with van der Waals surface area (Å²) in [7, 11) is 0. The van der Waals surface area contributed by atoms with Gasteiger partial charge in [-0.25, -0.2) is 9.97 Å². The van der Waals surface area contributed by atoms with Crippen LogP contribution < -0.4 is 11.5 Å². The monoisotopic (exact) mass is 356 g/mol. The Morgan fingerprint density at radius 2 is 1.85 bits per heavy atom. The number of benzene rings is 1. The van der Waals surface area contributed by atoms with E-state index >= 15 is 0 Å². The molecule has 0 unspecified atom stereocenters. The molecule has 0 amide bonds. The van der Waals surface area contributed by atoms with E-state index < -0.39 is 0 Å². The summed E-state index contributed by atoms with van der Waals surface area (Å²) >= 11 is 0. The summed E-state index contributed by atoms with van der Waals surface area (Å²) in [5, 5.41) is 8.87. The van der Waals surface area contributed by atoms with Crippen molar-refractivity contribution >= 4 is 34.3 Å². The topological polar surface area (TPSA) is 106 Å². The quantitative estimate of drug-likeness (QED) is 0.377. The number of nitrogens with one attached hydrogen (secondary N) is 1. The molecule has 1 aliphatic rings. The van der Waals surface area contributed by atoms with Crippen molar-refractivity contribution in [3.63, 3.8) is 0 Å². The van der Waals surface area contributed by atoms with Gasteiger partial charge in [-0.05, 0) is 61.1 Å². The molecule has 1 aromatic carbocycles. The molecule has 3 aromatic heterocycles. The van der Waals surface area contributed by atoms with Crippen LogP contribution in [0.2, 0.25) is 0 Å². The lowest BCUT2D eigenvalue weighted by atomic mass is 9.85. The molecule has 27 heavy (non-hydrogen) atoms. The molecule has 0 saturated carbocycles. The molecule has 0 atom stereocenters. The van der Waals surface area contributed by atoms with Crippen LogP contribution >= 0.6 is 0 Å². The van der Waals surface area contributed by atoms with E-state index in [1.807, 2.05) is 28.8 Å². The molecule has 4 aromatic rings. The minimum atomic E-state index is 0.611. The van der Waals surface area contributed by atoms with Gasteiger partial charge in [0.15, 0.2) is 0 Å². The van der Waals surface area contributed by atoms with E-state index in [0.717, 1.165) is 59.1 Å². The summed E-state index contributed by atoms with van der Waals surface area (Å²) in [5.74, 6) is 0.611. The first-order valence-corrected chi connectivity index (χ1v) is 9.14. The Labute approximate surface area is 156 Å². The zero-order valence-electron chi connectivity index (χ0n) is 14.9. The van der Waals surface area contributed by atoms with Crippen molar-refractivity contribution in [1.82, 2.24) is 14.4 Å². The summed E-state index contributed by atoms with van der Waals surface area (Å²) < 4.78 is 1.89. The first kappa shape index (κ1) is 15.8. The Morgan fingerprint density at radius 1 is 1.04 bits per heavy atom. The fourth-order valence-electron chi connectivity index (χ4n) is 4.20. The van der Waals surface area contributed by atoms with E-state index in [4.69, 9.17) is 21.9 Å². The average molecular weight is 356 g/mol. The molecule has 1 aliphatic carbocycles. The van der Waals surface area contributed by atoms with Crippen molar-refractivity contribution in [2.24, 2.45) is 0 Å². The van der Waals surface area contributed by atoms with E-state index in [1.54, 1.807) is 6.20 Å². The molecular formula is C21H20N6. The van der Waals surface area contributed by atoms with E-state index in [1.165, 1.54) is 17.3 Å². The number of rotatable bonds is 2. The molecule has 0 spiro atoms. The average Bonchev–Trinajstić information content (AvgIpc) is 3.07. The van der Waals surface area contributed by atoms with Gasteiger partial charge in [0.05, 0.1) is 17.4 Å². The second-order valence-corrected chi connectivity index (χ2v) is 7.06. The number of imidazole rings is 1. The maximum atomic E-state index is 7.84. The van der Waals surface area contributed by atoms with Gasteiger partial charge in [-0.1, -0.05) is 0 Å². The molecule has 6 nitrogen and oxygen atoms in total. The van der Waals surface area contributed by atoms with Crippen molar-refractivity contribution in [2.45, 2.75) is 25.7 Å². The number of nitrogens with two attached hydrogens (primary N) is 2. The van der Waals surface area contributed by atoms with Gasteiger partial charge in [0.25, 0.3) is 0 Å². The molecule has 0 bridgehead atoms. The number of aromatic nitrogens is 3. The lowest BCUT2D eigenvalue weighted by Gasteiger charge is -2.23. The van der Waals surface area contributed by atoms with Gasteiger partial charge >= 0.3 is 0 Å².